The number of rotatable bonds is 4. The first-order chi connectivity index (χ1) is 18.1. The van der Waals surface area contributed by atoms with Crippen LogP contribution in [0.4, 0.5) is 26.3 Å². The third-order valence-electron chi connectivity index (χ3n) is 6.58. The standard InChI is InChI=1S/C28H20F6N2O2/c1-38-17-6-7-24-19(12-17)18-9-10-36(25(37)8-5-15-3-2-4-16(11-15)28(32,33)34)27(26(18)35-24)20-13-22(30)23(31)14-21(20)29/h2-8,11-14,27,35H,9-10H2,1H3/b8-5+. The van der Waals surface area contributed by atoms with Crippen molar-refractivity contribution in [1.82, 2.24) is 9.88 Å². The normalized spacial score (nSPS) is 15.8. The summed E-state index contributed by atoms with van der Waals surface area (Å²) in [4.78, 5) is 17.8. The van der Waals surface area contributed by atoms with Crippen LogP contribution >= 0.6 is 0 Å². The number of H-pyrrole nitrogens is 1. The second-order valence-corrected chi connectivity index (χ2v) is 8.86. The minimum Gasteiger partial charge on any atom is -0.497 e. The number of nitrogens with one attached hydrogen (secondary N) is 1. The highest BCUT2D eigenvalue weighted by Crippen LogP contribution is 2.41. The molecule has 4 nitrogen and oxygen atoms in total. The Morgan fingerprint density at radius 3 is 2.53 bits per heavy atom. The van der Waals surface area contributed by atoms with Gasteiger partial charge in [0.2, 0.25) is 5.91 Å². The smallest absolute Gasteiger partial charge is 0.416 e. The van der Waals surface area contributed by atoms with Crippen molar-refractivity contribution in [2.24, 2.45) is 0 Å². The first-order valence-corrected chi connectivity index (χ1v) is 11.6. The monoisotopic (exact) mass is 530 g/mol. The van der Waals surface area contributed by atoms with Crippen LogP contribution in [0.3, 0.4) is 0 Å². The Hall–Kier alpha value is -4.21. The molecule has 38 heavy (non-hydrogen) atoms. The van der Waals surface area contributed by atoms with Crippen LogP contribution < -0.4 is 4.74 Å². The first kappa shape index (κ1) is 25.4. The Kier molecular flexibility index (Phi) is 6.42. The van der Waals surface area contributed by atoms with Crippen molar-refractivity contribution < 1.29 is 35.9 Å². The summed E-state index contributed by atoms with van der Waals surface area (Å²) in [6.45, 7) is 0.0893. The molecule has 1 N–H and O–H groups in total. The van der Waals surface area contributed by atoms with E-state index in [1.807, 2.05) is 0 Å². The third-order valence-corrected chi connectivity index (χ3v) is 6.58. The minimum atomic E-state index is -4.55. The van der Waals surface area contributed by atoms with Crippen LogP contribution in [0.2, 0.25) is 0 Å². The highest BCUT2D eigenvalue weighted by atomic mass is 19.4. The van der Waals surface area contributed by atoms with Gasteiger partial charge in [-0.05, 0) is 60.0 Å². The molecule has 1 amide bonds. The molecule has 5 rings (SSSR count). The molecule has 0 spiro atoms. The van der Waals surface area contributed by atoms with E-state index in [9.17, 15) is 26.7 Å². The lowest BCUT2D eigenvalue weighted by atomic mass is 9.91. The molecule has 196 valence electrons. The summed E-state index contributed by atoms with van der Waals surface area (Å²) >= 11 is 0. The van der Waals surface area contributed by atoms with Gasteiger partial charge >= 0.3 is 6.18 Å². The number of carbonyl (C=O) groups is 1. The molecule has 3 aromatic carbocycles. The van der Waals surface area contributed by atoms with Gasteiger partial charge in [-0.15, -0.1) is 0 Å². The number of halogens is 6. The number of carbonyl (C=O) groups excluding carboxylic acids is 1. The van der Waals surface area contributed by atoms with E-state index in [4.69, 9.17) is 4.74 Å². The number of fused-ring (bicyclic) bond motifs is 3. The van der Waals surface area contributed by atoms with Gasteiger partial charge in [0.15, 0.2) is 11.6 Å². The number of alkyl halides is 3. The topological polar surface area (TPSA) is 45.3 Å². The average molecular weight is 530 g/mol. The van der Waals surface area contributed by atoms with Gasteiger partial charge in [0.25, 0.3) is 0 Å². The zero-order valence-electron chi connectivity index (χ0n) is 19.9. The van der Waals surface area contributed by atoms with Crippen molar-refractivity contribution in [2.75, 3.05) is 13.7 Å². The summed E-state index contributed by atoms with van der Waals surface area (Å²) in [6.07, 6.45) is -1.89. The molecule has 10 heteroatoms. The molecule has 0 saturated carbocycles. The number of ether oxygens (including phenoxy) is 1. The highest BCUT2D eigenvalue weighted by molar-refractivity contribution is 5.93. The molecule has 1 unspecified atom stereocenters. The van der Waals surface area contributed by atoms with E-state index < -0.39 is 41.1 Å². The van der Waals surface area contributed by atoms with Crippen molar-refractivity contribution in [1.29, 1.82) is 0 Å². The number of benzene rings is 3. The van der Waals surface area contributed by atoms with Gasteiger partial charge < -0.3 is 14.6 Å². The fourth-order valence-electron chi connectivity index (χ4n) is 4.78. The molecule has 0 radical (unpaired) electrons. The molecule has 1 atom stereocenters. The van der Waals surface area contributed by atoms with E-state index >= 15 is 4.39 Å². The van der Waals surface area contributed by atoms with Crippen LogP contribution in [0, 0.1) is 17.5 Å². The Bertz CT molecular complexity index is 1570. The summed E-state index contributed by atoms with van der Waals surface area (Å²) in [5, 5.41) is 0.777. The fraction of sp³-hybridized carbons (Fsp3) is 0.179. The molecule has 4 aromatic rings. The third kappa shape index (κ3) is 4.62. The van der Waals surface area contributed by atoms with Crippen LogP contribution in [-0.2, 0) is 17.4 Å². The number of hydrogen-bond donors (Lipinski definition) is 1. The van der Waals surface area contributed by atoms with Crippen molar-refractivity contribution in [3.05, 3.63) is 106 Å². The molecule has 0 fully saturated rings. The zero-order chi connectivity index (χ0) is 27.2. The van der Waals surface area contributed by atoms with Gasteiger partial charge in [0.05, 0.1) is 12.7 Å². The summed E-state index contributed by atoms with van der Waals surface area (Å²) in [7, 11) is 1.51. The molecular formula is C28H20F6N2O2. The fourth-order valence-corrected chi connectivity index (χ4v) is 4.78. The van der Waals surface area contributed by atoms with Gasteiger partial charge in [-0.2, -0.15) is 13.2 Å². The second kappa shape index (κ2) is 9.59. The van der Waals surface area contributed by atoms with Crippen LogP contribution in [0.25, 0.3) is 17.0 Å². The van der Waals surface area contributed by atoms with E-state index in [1.54, 1.807) is 18.2 Å². The Labute approximate surface area is 213 Å². The van der Waals surface area contributed by atoms with E-state index in [0.29, 0.717) is 35.5 Å². The van der Waals surface area contributed by atoms with E-state index in [1.165, 1.54) is 30.2 Å². The van der Waals surface area contributed by atoms with E-state index in [0.717, 1.165) is 29.2 Å². The molecular weight excluding hydrogens is 510 g/mol. The van der Waals surface area contributed by atoms with Crippen molar-refractivity contribution in [3.8, 4) is 5.75 Å². The van der Waals surface area contributed by atoms with Gasteiger partial charge in [0, 0.05) is 40.8 Å². The van der Waals surface area contributed by atoms with Crippen molar-refractivity contribution >= 4 is 22.9 Å². The second-order valence-electron chi connectivity index (χ2n) is 8.86. The van der Waals surface area contributed by atoms with Crippen molar-refractivity contribution in [2.45, 2.75) is 18.6 Å². The lowest BCUT2D eigenvalue weighted by Crippen LogP contribution is -2.40. The maximum atomic E-state index is 15.0. The maximum Gasteiger partial charge on any atom is 0.416 e. The Morgan fingerprint density at radius 2 is 1.79 bits per heavy atom. The molecule has 0 bridgehead atoms. The molecule has 1 aliphatic heterocycles. The number of nitrogens with zero attached hydrogens (tertiary/aromatic N) is 1. The van der Waals surface area contributed by atoms with Crippen LogP contribution in [0.1, 0.15) is 34.0 Å². The van der Waals surface area contributed by atoms with Gasteiger partial charge in [-0.25, -0.2) is 13.2 Å². The number of hydrogen-bond acceptors (Lipinski definition) is 2. The summed E-state index contributed by atoms with van der Waals surface area (Å²) in [6, 6.07) is 9.69. The van der Waals surface area contributed by atoms with Gasteiger partial charge in [0.1, 0.15) is 17.6 Å². The quantitative estimate of drug-likeness (QED) is 0.179. The summed E-state index contributed by atoms with van der Waals surface area (Å²) < 4.78 is 87.5. The van der Waals surface area contributed by atoms with Gasteiger partial charge in [-0.3, -0.25) is 4.79 Å². The molecule has 0 saturated heterocycles. The van der Waals surface area contributed by atoms with E-state index in [2.05, 4.69) is 4.98 Å². The van der Waals surface area contributed by atoms with Crippen molar-refractivity contribution in [3.63, 3.8) is 0 Å². The van der Waals surface area contributed by atoms with Crippen LogP contribution in [0.15, 0.2) is 60.7 Å². The molecule has 1 aromatic heterocycles. The predicted molar refractivity (Wildman–Crippen MR) is 129 cm³/mol. The lowest BCUT2D eigenvalue weighted by molar-refractivity contribution is -0.137. The first-order valence-electron chi connectivity index (χ1n) is 11.6. The number of aromatic amines is 1. The lowest BCUT2D eigenvalue weighted by Gasteiger charge is -2.35. The predicted octanol–water partition coefficient (Wildman–Crippen LogP) is 6.80. The largest absolute Gasteiger partial charge is 0.497 e. The summed E-state index contributed by atoms with van der Waals surface area (Å²) in [5.41, 5.74) is 0.870. The molecule has 2 heterocycles. The van der Waals surface area contributed by atoms with Crippen LogP contribution in [0.5, 0.6) is 5.75 Å². The number of methoxy groups -OCH3 is 1. The SMILES string of the molecule is COc1ccc2[nH]c3c(c2c1)CCN(C(=O)/C=C/c1cccc(C(F)(F)F)c1)C3c1cc(F)c(F)cc1F. The molecule has 1 aliphatic rings. The van der Waals surface area contributed by atoms with Crippen LogP contribution in [-0.4, -0.2) is 29.4 Å². The highest BCUT2D eigenvalue weighted by Gasteiger charge is 2.36. The minimum absolute atomic E-state index is 0.0893. The Balaban J connectivity index is 1.58. The maximum absolute atomic E-state index is 15.0. The Morgan fingerprint density at radius 1 is 1.03 bits per heavy atom. The summed E-state index contributed by atoms with van der Waals surface area (Å²) in [5.74, 6) is -3.75. The van der Waals surface area contributed by atoms with E-state index in [-0.39, 0.29) is 17.7 Å². The number of aromatic nitrogens is 1. The zero-order valence-corrected chi connectivity index (χ0v) is 19.9. The molecule has 0 aliphatic carbocycles. The average Bonchev–Trinajstić information content (AvgIpc) is 3.26. The van der Waals surface area contributed by atoms with Gasteiger partial charge in [-0.1, -0.05) is 12.1 Å². The number of amides is 1.